The average molecular weight is 160 g/mol. The number of rotatable bonds is 3. The summed E-state index contributed by atoms with van der Waals surface area (Å²) >= 11 is 0. The molecular weight excluding hydrogens is 148 g/mol. The Kier molecular flexibility index (Phi) is 4.21. The smallest absolute Gasteiger partial charge is 0.307 e. The fourth-order valence-electron chi connectivity index (χ4n) is 0.541. The van der Waals surface area contributed by atoms with E-state index in [1.165, 1.54) is 14.2 Å². The van der Waals surface area contributed by atoms with Gasteiger partial charge in [0.15, 0.2) is 0 Å². The van der Waals surface area contributed by atoms with Gasteiger partial charge in [0.05, 0.1) is 19.6 Å². The summed E-state index contributed by atoms with van der Waals surface area (Å²) in [7, 11) is 2.71. The number of methoxy groups -OCH3 is 1. The molecule has 64 valence electrons. The van der Waals surface area contributed by atoms with Crippen LogP contribution in [0.25, 0.3) is 0 Å². The Hall–Kier alpha value is -1.10. The van der Waals surface area contributed by atoms with Crippen molar-refractivity contribution in [1.29, 1.82) is 0 Å². The molecule has 0 fully saturated rings. The van der Waals surface area contributed by atoms with Crippen molar-refractivity contribution >= 4 is 11.9 Å². The second kappa shape index (κ2) is 4.68. The van der Waals surface area contributed by atoms with E-state index in [9.17, 15) is 9.59 Å². The highest BCUT2D eigenvalue weighted by molar-refractivity contribution is 5.86. The molecule has 0 radical (unpaired) electrons. The first-order valence-corrected chi connectivity index (χ1v) is 3.15. The van der Waals surface area contributed by atoms with Crippen LogP contribution >= 0.6 is 0 Å². The largest absolute Gasteiger partial charge is 0.469 e. The molecule has 3 N–H and O–H groups in total. The van der Waals surface area contributed by atoms with Crippen LogP contribution < -0.4 is 11.1 Å². The Morgan fingerprint density at radius 3 is 2.55 bits per heavy atom. The second-order valence-electron chi connectivity index (χ2n) is 2.00. The summed E-state index contributed by atoms with van der Waals surface area (Å²) in [6.45, 7) is 0. The van der Waals surface area contributed by atoms with Crippen molar-refractivity contribution in [3.8, 4) is 0 Å². The van der Waals surface area contributed by atoms with Gasteiger partial charge in [-0.15, -0.1) is 0 Å². The molecule has 0 aromatic rings. The SMILES string of the molecule is CNC(=O)C(N)CC(=O)OC. The molecule has 0 spiro atoms. The predicted molar refractivity (Wildman–Crippen MR) is 38.7 cm³/mol. The summed E-state index contributed by atoms with van der Waals surface area (Å²) in [5, 5.41) is 2.32. The van der Waals surface area contributed by atoms with Crippen molar-refractivity contribution in [2.45, 2.75) is 12.5 Å². The van der Waals surface area contributed by atoms with E-state index in [1.54, 1.807) is 0 Å². The highest BCUT2D eigenvalue weighted by atomic mass is 16.5. The Balaban J connectivity index is 3.77. The van der Waals surface area contributed by atoms with Crippen molar-refractivity contribution in [2.24, 2.45) is 5.73 Å². The van der Waals surface area contributed by atoms with E-state index < -0.39 is 12.0 Å². The van der Waals surface area contributed by atoms with E-state index in [1.807, 2.05) is 0 Å². The summed E-state index contributed by atoms with van der Waals surface area (Å²) in [4.78, 5) is 21.3. The lowest BCUT2D eigenvalue weighted by atomic mass is 10.2. The Labute approximate surface area is 64.9 Å². The molecule has 11 heavy (non-hydrogen) atoms. The zero-order valence-electron chi connectivity index (χ0n) is 6.59. The zero-order valence-corrected chi connectivity index (χ0v) is 6.59. The first-order valence-electron chi connectivity index (χ1n) is 3.15. The fraction of sp³-hybridized carbons (Fsp3) is 0.667. The molecule has 0 bridgehead atoms. The quantitative estimate of drug-likeness (QED) is 0.499. The number of carbonyl (C=O) groups excluding carboxylic acids is 2. The first-order chi connectivity index (χ1) is 5.11. The van der Waals surface area contributed by atoms with Gasteiger partial charge in [-0.3, -0.25) is 9.59 Å². The molecule has 5 nitrogen and oxygen atoms in total. The van der Waals surface area contributed by atoms with Crippen molar-refractivity contribution in [3.05, 3.63) is 0 Å². The van der Waals surface area contributed by atoms with Gasteiger partial charge in [-0.1, -0.05) is 0 Å². The third-order valence-corrected chi connectivity index (χ3v) is 1.20. The Bertz CT molecular complexity index is 158. The van der Waals surface area contributed by atoms with Gasteiger partial charge >= 0.3 is 5.97 Å². The van der Waals surface area contributed by atoms with Gasteiger partial charge in [0.2, 0.25) is 5.91 Å². The molecule has 1 unspecified atom stereocenters. The molecule has 0 heterocycles. The van der Waals surface area contributed by atoms with Crippen molar-refractivity contribution in [3.63, 3.8) is 0 Å². The van der Waals surface area contributed by atoms with Gasteiger partial charge in [-0.25, -0.2) is 0 Å². The molecule has 1 amide bonds. The zero-order chi connectivity index (χ0) is 8.85. The number of carbonyl (C=O) groups is 2. The maximum Gasteiger partial charge on any atom is 0.307 e. The van der Waals surface area contributed by atoms with Crippen LogP contribution in [-0.2, 0) is 14.3 Å². The lowest BCUT2D eigenvalue weighted by Crippen LogP contribution is -2.40. The summed E-state index contributed by atoms with van der Waals surface area (Å²) in [5.74, 6) is -0.850. The van der Waals surface area contributed by atoms with E-state index in [-0.39, 0.29) is 12.3 Å². The van der Waals surface area contributed by atoms with E-state index in [4.69, 9.17) is 5.73 Å². The van der Waals surface area contributed by atoms with Gasteiger partial charge in [-0.2, -0.15) is 0 Å². The third-order valence-electron chi connectivity index (χ3n) is 1.20. The number of nitrogens with two attached hydrogens (primary N) is 1. The molecule has 0 saturated heterocycles. The standard InChI is InChI=1S/C6H12N2O3/c1-8-6(10)4(7)3-5(9)11-2/h4H,3,7H2,1-2H3,(H,8,10). The summed E-state index contributed by atoms with van der Waals surface area (Å²) in [6.07, 6.45) is -0.0871. The molecule has 0 aliphatic carbocycles. The van der Waals surface area contributed by atoms with Gasteiger partial charge in [0.25, 0.3) is 0 Å². The van der Waals surface area contributed by atoms with E-state index in [2.05, 4.69) is 10.1 Å². The van der Waals surface area contributed by atoms with E-state index in [0.717, 1.165) is 0 Å². The monoisotopic (exact) mass is 160 g/mol. The lowest BCUT2D eigenvalue weighted by molar-refractivity contribution is -0.142. The van der Waals surface area contributed by atoms with Gasteiger partial charge < -0.3 is 15.8 Å². The fourth-order valence-corrected chi connectivity index (χ4v) is 0.541. The molecule has 0 saturated carbocycles. The second-order valence-corrected chi connectivity index (χ2v) is 2.00. The summed E-state index contributed by atoms with van der Waals surface area (Å²) in [5.41, 5.74) is 5.29. The van der Waals surface area contributed by atoms with Crippen LogP contribution in [0.5, 0.6) is 0 Å². The first kappa shape index (κ1) is 9.90. The van der Waals surface area contributed by atoms with Crippen molar-refractivity contribution in [2.75, 3.05) is 14.2 Å². The number of hydrogen-bond donors (Lipinski definition) is 2. The van der Waals surface area contributed by atoms with Crippen LogP contribution in [0.2, 0.25) is 0 Å². The topological polar surface area (TPSA) is 81.4 Å². The number of likely N-dealkylation sites (N-methyl/N-ethyl adjacent to an activating group) is 1. The maximum absolute atomic E-state index is 10.7. The minimum absolute atomic E-state index is 0.0871. The average Bonchev–Trinajstić information content (AvgIpc) is 2.02. The van der Waals surface area contributed by atoms with Crippen molar-refractivity contribution in [1.82, 2.24) is 5.32 Å². The molecule has 0 aromatic carbocycles. The van der Waals surface area contributed by atoms with E-state index in [0.29, 0.717) is 0 Å². The minimum atomic E-state index is -0.813. The Morgan fingerprint density at radius 1 is 1.64 bits per heavy atom. The molecule has 1 atom stereocenters. The maximum atomic E-state index is 10.7. The predicted octanol–water partition coefficient (Wildman–Crippen LogP) is -1.38. The normalized spacial score (nSPS) is 11.9. The number of ether oxygens (including phenoxy) is 1. The number of esters is 1. The van der Waals surface area contributed by atoms with E-state index >= 15 is 0 Å². The number of hydrogen-bond acceptors (Lipinski definition) is 4. The Morgan fingerprint density at radius 2 is 2.18 bits per heavy atom. The molecule has 0 rings (SSSR count). The van der Waals surface area contributed by atoms with Gasteiger partial charge in [-0.05, 0) is 0 Å². The van der Waals surface area contributed by atoms with Gasteiger partial charge in [0, 0.05) is 7.05 Å². The van der Waals surface area contributed by atoms with Crippen LogP contribution in [0.1, 0.15) is 6.42 Å². The van der Waals surface area contributed by atoms with Crippen LogP contribution in [-0.4, -0.2) is 32.1 Å². The third kappa shape index (κ3) is 3.57. The molecule has 0 aliphatic rings. The summed E-state index contributed by atoms with van der Waals surface area (Å²) < 4.78 is 4.32. The summed E-state index contributed by atoms with van der Waals surface area (Å²) in [6, 6.07) is -0.813. The number of nitrogens with one attached hydrogen (secondary N) is 1. The van der Waals surface area contributed by atoms with Crippen LogP contribution in [0.15, 0.2) is 0 Å². The molecular formula is C6H12N2O3. The highest BCUT2D eigenvalue weighted by Crippen LogP contribution is 1.89. The lowest BCUT2D eigenvalue weighted by Gasteiger charge is -2.07. The van der Waals surface area contributed by atoms with Crippen LogP contribution in [0.4, 0.5) is 0 Å². The molecule has 5 heteroatoms. The minimum Gasteiger partial charge on any atom is -0.469 e. The van der Waals surface area contributed by atoms with Gasteiger partial charge in [0.1, 0.15) is 0 Å². The molecule has 0 aromatic heterocycles. The highest BCUT2D eigenvalue weighted by Gasteiger charge is 2.15. The van der Waals surface area contributed by atoms with Crippen molar-refractivity contribution < 1.29 is 14.3 Å². The van der Waals surface area contributed by atoms with Crippen LogP contribution in [0, 0.1) is 0 Å². The number of amides is 1. The van der Waals surface area contributed by atoms with Crippen LogP contribution in [0.3, 0.4) is 0 Å². The molecule has 0 aliphatic heterocycles.